The number of nitrogens with zero attached hydrogens (tertiary/aromatic N) is 2. The lowest BCUT2D eigenvalue weighted by molar-refractivity contribution is -0.671. The van der Waals surface area contributed by atoms with Crippen molar-refractivity contribution in [3.8, 4) is 0 Å². The molecule has 2 aromatic heterocycles. The van der Waals surface area contributed by atoms with Crippen molar-refractivity contribution in [1.29, 1.82) is 0 Å². The fourth-order valence-corrected chi connectivity index (χ4v) is 2.80. The smallest absolute Gasteiger partial charge is 0.185 e. The van der Waals surface area contributed by atoms with Gasteiger partial charge in [-0.05, 0) is 42.5 Å². The van der Waals surface area contributed by atoms with Crippen molar-refractivity contribution in [3.63, 3.8) is 0 Å². The summed E-state index contributed by atoms with van der Waals surface area (Å²) in [6, 6.07) is 8.15. The number of Topliss-reactive ketones (excluding diaryl/α,β-unsaturated/α-hetero) is 1. The molecule has 1 aliphatic carbocycles. The average Bonchev–Trinajstić information content (AvgIpc) is 2.55. The van der Waals surface area contributed by atoms with E-state index >= 15 is 0 Å². The van der Waals surface area contributed by atoms with Crippen LogP contribution in [-0.2, 0) is 18.9 Å². The minimum absolute atomic E-state index is 0. The largest absolute Gasteiger partial charge is 1.00 e. The van der Waals surface area contributed by atoms with Gasteiger partial charge in [-0.25, -0.2) is 9.13 Å². The predicted molar refractivity (Wildman–Crippen MR) is 90.0 cm³/mol. The highest BCUT2D eigenvalue weighted by molar-refractivity contribution is 6.13. The summed E-state index contributed by atoms with van der Waals surface area (Å²) in [5.41, 5.74) is 3.99. The highest BCUT2D eigenvalue weighted by Gasteiger charge is 2.20. The molecule has 0 bridgehead atoms. The molecule has 2 heterocycles. The van der Waals surface area contributed by atoms with Crippen LogP contribution in [0.4, 0.5) is 0 Å². The molecule has 132 valence electrons. The Hall–Kier alpha value is -1.09. The summed E-state index contributed by atoms with van der Waals surface area (Å²) < 4.78 is 3.98. The number of halogens is 2. The maximum absolute atomic E-state index is 12.7. The number of ketones is 1. The third kappa shape index (κ3) is 5.99. The molecular formula is C20H22I2N2O. The van der Waals surface area contributed by atoms with E-state index in [9.17, 15) is 4.79 Å². The normalized spacial score (nSPS) is 17.1. The molecule has 0 unspecified atom stereocenters. The zero-order valence-corrected chi connectivity index (χ0v) is 18.8. The first kappa shape index (κ1) is 22.0. The van der Waals surface area contributed by atoms with Gasteiger partial charge in [-0.15, -0.1) is 0 Å². The Labute approximate surface area is 183 Å². The molecule has 3 rings (SSSR count). The van der Waals surface area contributed by atoms with E-state index in [1.54, 1.807) is 0 Å². The molecule has 5 heteroatoms. The fourth-order valence-electron chi connectivity index (χ4n) is 2.80. The second kappa shape index (κ2) is 10.2. The van der Waals surface area contributed by atoms with Gasteiger partial charge >= 0.3 is 0 Å². The summed E-state index contributed by atoms with van der Waals surface area (Å²) in [6.45, 7) is 0. The Morgan fingerprint density at radius 1 is 0.760 bits per heavy atom. The van der Waals surface area contributed by atoms with E-state index in [1.165, 1.54) is 0 Å². The van der Waals surface area contributed by atoms with E-state index in [0.29, 0.717) is 0 Å². The molecule has 0 N–H and O–H groups in total. The molecule has 25 heavy (non-hydrogen) atoms. The fraction of sp³-hybridized carbons (Fsp3) is 0.250. The van der Waals surface area contributed by atoms with Gasteiger partial charge in [-0.3, -0.25) is 4.79 Å². The van der Waals surface area contributed by atoms with Crippen LogP contribution in [0.5, 0.6) is 0 Å². The zero-order valence-electron chi connectivity index (χ0n) is 14.5. The van der Waals surface area contributed by atoms with Gasteiger partial charge < -0.3 is 48.0 Å². The van der Waals surface area contributed by atoms with Gasteiger partial charge in [-0.1, -0.05) is 0 Å². The third-order valence-electron chi connectivity index (χ3n) is 4.17. The minimum Gasteiger partial charge on any atom is -1.00 e. The summed E-state index contributed by atoms with van der Waals surface area (Å²) >= 11 is 0. The number of allylic oxidation sites excluding steroid dienone is 2. The Morgan fingerprint density at radius 3 is 1.48 bits per heavy atom. The number of aryl methyl sites for hydroxylation is 2. The quantitative estimate of drug-likeness (QED) is 0.214. The molecule has 0 amide bonds. The Morgan fingerprint density at radius 2 is 1.12 bits per heavy atom. The predicted octanol–water partition coefficient (Wildman–Crippen LogP) is -3.44. The molecule has 0 saturated heterocycles. The lowest BCUT2D eigenvalue weighted by Crippen LogP contribution is -3.00. The first-order chi connectivity index (χ1) is 11.1. The van der Waals surface area contributed by atoms with Crippen molar-refractivity contribution < 1.29 is 61.9 Å². The van der Waals surface area contributed by atoms with E-state index in [2.05, 4.69) is 0 Å². The monoisotopic (exact) mass is 560 g/mol. The number of carbonyl (C=O) groups excluding carboxylic acids is 1. The number of pyridine rings is 2. The number of rotatable bonds is 2. The first-order valence-corrected chi connectivity index (χ1v) is 7.98. The van der Waals surface area contributed by atoms with Crippen LogP contribution >= 0.6 is 0 Å². The average molecular weight is 560 g/mol. The number of hydrogen-bond acceptors (Lipinski definition) is 1. The molecule has 0 aliphatic heterocycles. The van der Waals surface area contributed by atoms with Gasteiger partial charge in [-0.2, -0.15) is 0 Å². The maximum atomic E-state index is 12.7. The van der Waals surface area contributed by atoms with Crippen molar-refractivity contribution in [2.75, 3.05) is 0 Å². The van der Waals surface area contributed by atoms with Crippen LogP contribution in [0.3, 0.4) is 0 Å². The van der Waals surface area contributed by atoms with Crippen molar-refractivity contribution in [1.82, 2.24) is 0 Å². The van der Waals surface area contributed by atoms with Gasteiger partial charge in [0.05, 0.1) is 0 Å². The molecule has 3 nitrogen and oxygen atoms in total. The van der Waals surface area contributed by atoms with E-state index in [1.807, 2.05) is 84.4 Å². The lowest BCUT2D eigenvalue weighted by Gasteiger charge is -2.16. The summed E-state index contributed by atoms with van der Waals surface area (Å²) in [5.74, 6) is 0.192. The van der Waals surface area contributed by atoms with Crippen LogP contribution < -0.4 is 57.1 Å². The van der Waals surface area contributed by atoms with E-state index in [-0.39, 0.29) is 53.7 Å². The molecule has 0 aromatic carbocycles. The van der Waals surface area contributed by atoms with Crippen LogP contribution in [0.15, 0.2) is 60.2 Å². The molecule has 0 radical (unpaired) electrons. The molecule has 0 atom stereocenters. The van der Waals surface area contributed by atoms with Crippen LogP contribution in [0.2, 0.25) is 0 Å². The van der Waals surface area contributed by atoms with E-state index < -0.39 is 0 Å². The Bertz CT molecular complexity index is 713. The van der Waals surface area contributed by atoms with Crippen molar-refractivity contribution >= 4 is 17.9 Å². The molecule has 1 aliphatic rings. The van der Waals surface area contributed by atoms with Crippen molar-refractivity contribution in [2.24, 2.45) is 14.1 Å². The third-order valence-corrected chi connectivity index (χ3v) is 4.17. The summed E-state index contributed by atoms with van der Waals surface area (Å²) in [4.78, 5) is 12.7. The standard InChI is InChI=1S/C20H22N2O.2HI/c1-21-10-6-16(7-11-21)14-18-4-3-5-19(20(18)23)15-17-8-12-22(2)13-9-17;;/h6-15H,3-5H2,1-2H3;2*1H/q+2;;/p-2/b18-14+,19-15+;;. The highest BCUT2D eigenvalue weighted by Crippen LogP contribution is 2.27. The maximum Gasteiger partial charge on any atom is 0.185 e. The highest BCUT2D eigenvalue weighted by atomic mass is 127. The van der Waals surface area contributed by atoms with Crippen LogP contribution in [0, 0.1) is 0 Å². The van der Waals surface area contributed by atoms with Gasteiger partial charge in [0, 0.05) is 35.4 Å². The first-order valence-electron chi connectivity index (χ1n) is 7.98. The van der Waals surface area contributed by atoms with Gasteiger partial charge in [0.2, 0.25) is 0 Å². The second-order valence-corrected chi connectivity index (χ2v) is 6.12. The second-order valence-electron chi connectivity index (χ2n) is 6.12. The Balaban J connectivity index is 0.00000156. The lowest BCUT2D eigenvalue weighted by atomic mass is 9.87. The molecule has 0 spiro atoms. The molecular weight excluding hydrogens is 538 g/mol. The zero-order chi connectivity index (χ0) is 16.2. The summed E-state index contributed by atoms with van der Waals surface area (Å²) in [5, 5.41) is 0. The number of hydrogen-bond donors (Lipinski definition) is 0. The summed E-state index contributed by atoms with van der Waals surface area (Å²) in [6.07, 6.45) is 14.8. The van der Waals surface area contributed by atoms with Crippen LogP contribution in [0.1, 0.15) is 30.4 Å². The molecule has 1 saturated carbocycles. The van der Waals surface area contributed by atoms with Gasteiger partial charge in [0.15, 0.2) is 30.6 Å². The summed E-state index contributed by atoms with van der Waals surface area (Å²) in [7, 11) is 3.98. The van der Waals surface area contributed by atoms with Gasteiger partial charge in [0.25, 0.3) is 0 Å². The number of aromatic nitrogens is 2. The van der Waals surface area contributed by atoms with Crippen LogP contribution in [-0.4, -0.2) is 5.78 Å². The van der Waals surface area contributed by atoms with Gasteiger partial charge in [0.1, 0.15) is 14.1 Å². The Kier molecular flexibility index (Phi) is 8.92. The SMILES string of the molecule is C[n+]1ccc(/C=C2\CCC/C(=C\c3cc[n+](C)cc3)C2=O)cc1.[I-].[I-]. The van der Waals surface area contributed by atoms with E-state index in [0.717, 1.165) is 41.5 Å². The van der Waals surface area contributed by atoms with Crippen molar-refractivity contribution in [2.45, 2.75) is 19.3 Å². The van der Waals surface area contributed by atoms with E-state index in [4.69, 9.17) is 0 Å². The molecule has 2 aromatic rings. The van der Waals surface area contributed by atoms with Crippen molar-refractivity contribution in [3.05, 3.63) is 71.3 Å². The topological polar surface area (TPSA) is 24.8 Å². The minimum atomic E-state index is 0. The molecule has 1 fully saturated rings. The number of carbonyl (C=O) groups is 1. The van der Waals surface area contributed by atoms with Crippen LogP contribution in [0.25, 0.3) is 12.2 Å².